The van der Waals surface area contributed by atoms with Gasteiger partial charge in [-0.25, -0.2) is 4.39 Å². The fraction of sp³-hybridized carbons (Fsp3) is 0.133. The number of hydrogen-bond donors (Lipinski definition) is 2. The van der Waals surface area contributed by atoms with Crippen molar-refractivity contribution in [3.05, 3.63) is 47.8 Å². The maximum atomic E-state index is 13.2. The van der Waals surface area contributed by atoms with Crippen molar-refractivity contribution < 1.29 is 18.7 Å². The number of anilines is 2. The summed E-state index contributed by atoms with van der Waals surface area (Å²) in [4.78, 5) is 12.3. The predicted octanol–water partition coefficient (Wildman–Crippen LogP) is 2.68. The van der Waals surface area contributed by atoms with Gasteiger partial charge >= 0.3 is 0 Å². The zero-order valence-corrected chi connectivity index (χ0v) is 11.6. The number of nitrogens with one attached hydrogen (secondary N) is 1. The Balaban J connectivity index is 2.33. The van der Waals surface area contributed by atoms with E-state index in [2.05, 4.69) is 5.32 Å². The van der Waals surface area contributed by atoms with Gasteiger partial charge in [0, 0.05) is 0 Å². The van der Waals surface area contributed by atoms with Gasteiger partial charge in [0.15, 0.2) is 0 Å². The molecule has 2 aromatic rings. The molecule has 6 heteroatoms. The summed E-state index contributed by atoms with van der Waals surface area (Å²) in [6.07, 6.45) is 0. The Hall–Kier alpha value is -2.76. The number of benzene rings is 2. The molecule has 0 unspecified atom stereocenters. The van der Waals surface area contributed by atoms with Crippen LogP contribution in [0.15, 0.2) is 36.4 Å². The van der Waals surface area contributed by atoms with E-state index in [4.69, 9.17) is 15.2 Å². The largest absolute Gasteiger partial charge is 0.497 e. The molecule has 0 fully saturated rings. The van der Waals surface area contributed by atoms with E-state index >= 15 is 0 Å². The molecule has 110 valence electrons. The summed E-state index contributed by atoms with van der Waals surface area (Å²) in [5.74, 6) is -0.0726. The number of ether oxygens (including phenoxy) is 2. The third-order valence-corrected chi connectivity index (χ3v) is 2.91. The third kappa shape index (κ3) is 3.22. The number of methoxy groups -OCH3 is 2. The first-order valence-corrected chi connectivity index (χ1v) is 6.13. The van der Waals surface area contributed by atoms with Gasteiger partial charge in [0.1, 0.15) is 17.3 Å². The van der Waals surface area contributed by atoms with Gasteiger partial charge in [-0.3, -0.25) is 4.79 Å². The predicted molar refractivity (Wildman–Crippen MR) is 78.3 cm³/mol. The topological polar surface area (TPSA) is 73.6 Å². The van der Waals surface area contributed by atoms with Crippen LogP contribution in [-0.2, 0) is 0 Å². The molecule has 0 aliphatic rings. The highest BCUT2D eigenvalue weighted by Crippen LogP contribution is 2.26. The molecule has 0 spiro atoms. The molecule has 0 saturated heterocycles. The standard InChI is InChI=1S/C15H15FN2O3/c1-20-10-4-6-14(21-2)11(8-10)15(19)18-13-7-9(16)3-5-12(13)17/h3-8H,17H2,1-2H3,(H,18,19). The first-order chi connectivity index (χ1) is 10.0. The van der Waals surface area contributed by atoms with Gasteiger partial charge in [-0.1, -0.05) is 0 Å². The highest BCUT2D eigenvalue weighted by Gasteiger charge is 2.15. The van der Waals surface area contributed by atoms with Gasteiger partial charge in [0.25, 0.3) is 5.91 Å². The molecule has 0 atom stereocenters. The average Bonchev–Trinajstić information content (AvgIpc) is 2.50. The number of nitrogens with two attached hydrogens (primary N) is 1. The van der Waals surface area contributed by atoms with Crippen molar-refractivity contribution in [1.82, 2.24) is 0 Å². The van der Waals surface area contributed by atoms with Crippen LogP contribution in [0.3, 0.4) is 0 Å². The number of nitrogen functional groups attached to an aromatic ring is 1. The minimum absolute atomic E-state index is 0.199. The molecule has 0 aliphatic carbocycles. The maximum absolute atomic E-state index is 13.2. The van der Waals surface area contributed by atoms with Gasteiger partial charge in [0.2, 0.25) is 0 Å². The van der Waals surface area contributed by atoms with E-state index in [1.807, 2.05) is 0 Å². The highest BCUT2D eigenvalue weighted by molar-refractivity contribution is 6.07. The molecule has 3 N–H and O–H groups in total. The van der Waals surface area contributed by atoms with Crippen LogP contribution in [0.1, 0.15) is 10.4 Å². The quantitative estimate of drug-likeness (QED) is 0.849. The Morgan fingerprint density at radius 2 is 1.90 bits per heavy atom. The van der Waals surface area contributed by atoms with Gasteiger partial charge in [-0.15, -0.1) is 0 Å². The minimum atomic E-state index is -0.489. The van der Waals surface area contributed by atoms with Crippen molar-refractivity contribution >= 4 is 17.3 Å². The first kappa shape index (κ1) is 14.6. The van der Waals surface area contributed by atoms with Gasteiger partial charge in [0.05, 0.1) is 31.2 Å². The lowest BCUT2D eigenvalue weighted by molar-refractivity contribution is 0.102. The minimum Gasteiger partial charge on any atom is -0.497 e. The second-order valence-corrected chi connectivity index (χ2v) is 4.25. The zero-order valence-electron chi connectivity index (χ0n) is 11.6. The first-order valence-electron chi connectivity index (χ1n) is 6.13. The van der Waals surface area contributed by atoms with Crippen LogP contribution in [0.25, 0.3) is 0 Å². The van der Waals surface area contributed by atoms with Crippen molar-refractivity contribution in [3.8, 4) is 11.5 Å². The van der Waals surface area contributed by atoms with Crippen molar-refractivity contribution in [3.63, 3.8) is 0 Å². The molecule has 1 amide bonds. The fourth-order valence-corrected chi connectivity index (χ4v) is 1.82. The molecule has 2 aromatic carbocycles. The second kappa shape index (κ2) is 6.13. The Kier molecular flexibility index (Phi) is 4.27. The van der Waals surface area contributed by atoms with Crippen LogP contribution in [0.2, 0.25) is 0 Å². The number of hydrogen-bond acceptors (Lipinski definition) is 4. The van der Waals surface area contributed by atoms with Crippen LogP contribution in [0.5, 0.6) is 11.5 Å². The van der Waals surface area contributed by atoms with E-state index in [0.29, 0.717) is 11.5 Å². The fourth-order valence-electron chi connectivity index (χ4n) is 1.82. The van der Waals surface area contributed by atoms with E-state index in [-0.39, 0.29) is 16.9 Å². The van der Waals surface area contributed by atoms with Gasteiger partial charge < -0.3 is 20.5 Å². The summed E-state index contributed by atoms with van der Waals surface area (Å²) < 4.78 is 23.4. The number of rotatable bonds is 4. The lowest BCUT2D eigenvalue weighted by Crippen LogP contribution is -2.14. The summed E-state index contributed by atoms with van der Waals surface area (Å²) in [7, 11) is 2.95. The second-order valence-electron chi connectivity index (χ2n) is 4.25. The molecule has 2 rings (SSSR count). The zero-order chi connectivity index (χ0) is 15.4. The molecular weight excluding hydrogens is 275 g/mol. The Morgan fingerprint density at radius 1 is 1.14 bits per heavy atom. The highest BCUT2D eigenvalue weighted by atomic mass is 19.1. The van der Waals surface area contributed by atoms with E-state index < -0.39 is 11.7 Å². The average molecular weight is 290 g/mol. The molecule has 21 heavy (non-hydrogen) atoms. The van der Waals surface area contributed by atoms with Crippen LogP contribution in [0, 0.1) is 5.82 Å². The van der Waals surface area contributed by atoms with Crippen LogP contribution in [0.4, 0.5) is 15.8 Å². The van der Waals surface area contributed by atoms with Crippen LogP contribution >= 0.6 is 0 Å². The summed E-state index contributed by atoms with van der Waals surface area (Å²) in [6, 6.07) is 8.57. The van der Waals surface area contributed by atoms with E-state index in [1.165, 1.54) is 32.4 Å². The Labute approximate surface area is 121 Å². The molecule has 5 nitrogen and oxygen atoms in total. The van der Waals surface area contributed by atoms with Crippen molar-refractivity contribution in [1.29, 1.82) is 0 Å². The van der Waals surface area contributed by atoms with Gasteiger partial charge in [-0.2, -0.15) is 0 Å². The molecule has 0 radical (unpaired) electrons. The Bertz CT molecular complexity index is 674. The smallest absolute Gasteiger partial charge is 0.259 e. The molecular formula is C15H15FN2O3. The van der Waals surface area contributed by atoms with Crippen LogP contribution in [-0.4, -0.2) is 20.1 Å². The van der Waals surface area contributed by atoms with E-state index in [1.54, 1.807) is 12.1 Å². The van der Waals surface area contributed by atoms with Crippen molar-refractivity contribution in [2.24, 2.45) is 0 Å². The molecule has 0 bridgehead atoms. The normalized spacial score (nSPS) is 10.0. The van der Waals surface area contributed by atoms with Gasteiger partial charge in [-0.05, 0) is 36.4 Å². The summed E-state index contributed by atoms with van der Waals surface area (Å²) in [5.41, 5.74) is 6.44. The molecule has 0 heterocycles. The number of carbonyl (C=O) groups is 1. The molecule has 0 aromatic heterocycles. The van der Waals surface area contributed by atoms with E-state index in [9.17, 15) is 9.18 Å². The molecule has 0 saturated carbocycles. The Morgan fingerprint density at radius 3 is 2.57 bits per heavy atom. The third-order valence-electron chi connectivity index (χ3n) is 2.91. The number of halogens is 1. The molecule has 0 aliphatic heterocycles. The summed E-state index contributed by atoms with van der Waals surface area (Å²) >= 11 is 0. The maximum Gasteiger partial charge on any atom is 0.259 e. The number of amides is 1. The van der Waals surface area contributed by atoms with Crippen LogP contribution < -0.4 is 20.5 Å². The lowest BCUT2D eigenvalue weighted by atomic mass is 10.1. The van der Waals surface area contributed by atoms with Crippen molar-refractivity contribution in [2.45, 2.75) is 0 Å². The number of carbonyl (C=O) groups excluding carboxylic acids is 1. The summed E-state index contributed by atoms with van der Waals surface area (Å²) in [6.45, 7) is 0. The SMILES string of the molecule is COc1ccc(OC)c(C(=O)Nc2cc(F)ccc2N)c1. The summed E-state index contributed by atoms with van der Waals surface area (Å²) in [5, 5.41) is 2.55. The lowest BCUT2D eigenvalue weighted by Gasteiger charge is -2.12. The van der Waals surface area contributed by atoms with E-state index in [0.717, 1.165) is 6.07 Å². The van der Waals surface area contributed by atoms with Crippen molar-refractivity contribution in [2.75, 3.05) is 25.3 Å². The monoisotopic (exact) mass is 290 g/mol.